The first-order chi connectivity index (χ1) is 22.2. The Bertz CT molecular complexity index is 1270. The summed E-state index contributed by atoms with van der Waals surface area (Å²) in [4.78, 5) is 35.7. The van der Waals surface area contributed by atoms with Crippen LogP contribution in [0.1, 0.15) is 11.7 Å². The Hall–Kier alpha value is -1.23. The number of ether oxygens (including phenoxy) is 3. The van der Waals surface area contributed by atoms with E-state index in [9.17, 15) is 19.7 Å². The SMILES string of the molecule is COC(=O)C1OC(OCC(NC(=O)C(Cl)Cl)C(O[Si](C)(C)C)c2ccc([N+](=O)[O-])cc2)C(O[Si](C)(C)C)C(O[Si](C)(C)C)C1O[Si](C)(C)C. The van der Waals surface area contributed by atoms with Crippen LogP contribution in [0.5, 0.6) is 0 Å². The summed E-state index contributed by atoms with van der Waals surface area (Å²) in [5.74, 6) is -1.35. The lowest BCUT2D eigenvalue weighted by Gasteiger charge is -2.50. The van der Waals surface area contributed by atoms with Gasteiger partial charge in [0.15, 0.2) is 50.5 Å². The number of benzene rings is 1. The number of nitrogens with one attached hydrogen (secondary N) is 1. The number of esters is 1. The molecule has 280 valence electrons. The van der Waals surface area contributed by atoms with Crippen molar-refractivity contribution in [3.8, 4) is 0 Å². The van der Waals surface area contributed by atoms with Crippen molar-refractivity contribution in [2.24, 2.45) is 0 Å². The zero-order valence-corrected chi connectivity index (χ0v) is 36.3. The van der Waals surface area contributed by atoms with Gasteiger partial charge in [0.25, 0.3) is 11.6 Å². The molecule has 0 saturated carbocycles. The summed E-state index contributed by atoms with van der Waals surface area (Å²) in [6, 6.07) is 4.95. The van der Waals surface area contributed by atoms with Crippen LogP contribution in [0.2, 0.25) is 78.6 Å². The third-order valence-corrected chi connectivity index (χ3v) is 10.9. The molecule has 1 heterocycles. The molecule has 1 saturated heterocycles. The Morgan fingerprint density at radius 1 is 0.837 bits per heavy atom. The molecular formula is C30H54Cl2N2O11Si4. The monoisotopic (exact) mass is 800 g/mol. The summed E-state index contributed by atoms with van der Waals surface area (Å²) >= 11 is 11.9. The van der Waals surface area contributed by atoms with Crippen LogP contribution in [0.3, 0.4) is 0 Å². The predicted molar refractivity (Wildman–Crippen MR) is 199 cm³/mol. The molecule has 1 aromatic carbocycles. The maximum atomic E-state index is 13.3. The second kappa shape index (κ2) is 17.5. The number of amides is 1. The third-order valence-electron chi connectivity index (χ3n) is 6.64. The van der Waals surface area contributed by atoms with E-state index >= 15 is 0 Å². The highest BCUT2D eigenvalue weighted by molar-refractivity contribution is 6.71. The Balaban J connectivity index is 2.69. The van der Waals surface area contributed by atoms with Crippen LogP contribution in [-0.2, 0) is 41.5 Å². The number of carbonyl (C=O) groups is 2. The van der Waals surface area contributed by atoms with E-state index in [2.05, 4.69) is 5.32 Å². The molecule has 1 fully saturated rings. The maximum absolute atomic E-state index is 13.3. The number of hydrogen-bond acceptors (Lipinski definition) is 11. The van der Waals surface area contributed by atoms with Gasteiger partial charge in [-0.05, 0) is 96.3 Å². The fourth-order valence-electron chi connectivity index (χ4n) is 5.06. The van der Waals surface area contributed by atoms with Gasteiger partial charge in [0, 0.05) is 12.1 Å². The number of methoxy groups -OCH3 is 1. The van der Waals surface area contributed by atoms with Gasteiger partial charge in [-0.3, -0.25) is 14.9 Å². The van der Waals surface area contributed by atoms with Crippen LogP contribution in [0.15, 0.2) is 24.3 Å². The predicted octanol–water partition coefficient (Wildman–Crippen LogP) is 6.35. The average Bonchev–Trinajstić information content (AvgIpc) is 2.93. The molecule has 1 aromatic rings. The van der Waals surface area contributed by atoms with Gasteiger partial charge in [0.05, 0.1) is 30.8 Å². The number of hydrogen-bond donors (Lipinski definition) is 1. The largest absolute Gasteiger partial charge is 0.467 e. The maximum Gasteiger partial charge on any atom is 0.337 e. The molecule has 2 rings (SSSR count). The van der Waals surface area contributed by atoms with Gasteiger partial charge in [-0.2, -0.15) is 0 Å². The summed E-state index contributed by atoms with van der Waals surface area (Å²) in [6.45, 7) is 23.9. The molecular weight excluding hydrogens is 748 g/mol. The second-order valence-electron chi connectivity index (χ2n) is 15.8. The highest BCUT2D eigenvalue weighted by Gasteiger charge is 2.54. The Kier molecular flexibility index (Phi) is 15.7. The molecule has 7 unspecified atom stereocenters. The average molecular weight is 802 g/mol. The molecule has 1 N–H and O–H groups in total. The Morgan fingerprint density at radius 3 is 1.76 bits per heavy atom. The van der Waals surface area contributed by atoms with E-state index in [0.717, 1.165) is 0 Å². The zero-order chi connectivity index (χ0) is 37.7. The minimum Gasteiger partial charge on any atom is -0.467 e. The normalized spacial score (nSPS) is 23.6. The van der Waals surface area contributed by atoms with Crippen LogP contribution < -0.4 is 5.32 Å². The topological polar surface area (TPSA) is 154 Å². The van der Waals surface area contributed by atoms with Crippen molar-refractivity contribution in [3.05, 3.63) is 39.9 Å². The van der Waals surface area contributed by atoms with Crippen LogP contribution in [0.4, 0.5) is 5.69 Å². The first-order valence-corrected chi connectivity index (χ1v) is 30.6. The number of nitro groups is 1. The molecule has 0 spiro atoms. The molecule has 0 aromatic heterocycles. The molecule has 49 heavy (non-hydrogen) atoms. The molecule has 0 radical (unpaired) electrons. The van der Waals surface area contributed by atoms with Crippen LogP contribution in [0, 0.1) is 10.1 Å². The van der Waals surface area contributed by atoms with E-state index in [1.807, 2.05) is 78.6 Å². The fourth-order valence-corrected chi connectivity index (χ4v) is 9.47. The number of carbonyl (C=O) groups excluding carboxylic acids is 2. The number of nitro benzene ring substituents is 1. The van der Waals surface area contributed by atoms with E-state index in [4.69, 9.17) is 55.1 Å². The van der Waals surface area contributed by atoms with Crippen molar-refractivity contribution in [3.63, 3.8) is 0 Å². The lowest BCUT2D eigenvalue weighted by atomic mass is 9.98. The molecule has 13 nitrogen and oxygen atoms in total. The number of rotatable bonds is 17. The van der Waals surface area contributed by atoms with E-state index < -0.39 is 97.8 Å². The lowest BCUT2D eigenvalue weighted by Crippen LogP contribution is -2.67. The van der Waals surface area contributed by atoms with E-state index in [0.29, 0.717) is 5.56 Å². The van der Waals surface area contributed by atoms with Gasteiger partial charge in [-0.25, -0.2) is 4.79 Å². The summed E-state index contributed by atoms with van der Waals surface area (Å²) in [5, 5.41) is 14.2. The van der Waals surface area contributed by atoms with Crippen molar-refractivity contribution < 1.29 is 46.4 Å². The van der Waals surface area contributed by atoms with Gasteiger partial charge in [-0.1, -0.05) is 23.2 Å². The summed E-state index contributed by atoms with van der Waals surface area (Å²) in [6.07, 6.45) is -5.67. The Labute approximate surface area is 304 Å². The lowest BCUT2D eigenvalue weighted by molar-refractivity contribution is -0.384. The van der Waals surface area contributed by atoms with Gasteiger partial charge in [0.2, 0.25) is 0 Å². The molecule has 1 aliphatic heterocycles. The smallest absolute Gasteiger partial charge is 0.337 e. The zero-order valence-electron chi connectivity index (χ0n) is 30.8. The highest BCUT2D eigenvalue weighted by atomic mass is 35.5. The standard InChI is InChI=1S/C30H54Cl2N2O11Si4/c1-39-29(36)25-23(43-47(5,6)7)24(44-48(8,9)10)26(45-49(11,12)13)30(41-25)40-18-21(33-28(35)27(31)32)22(42-46(2,3)4)19-14-16-20(17-15-19)34(37)38/h14-17,21-27,30H,18H2,1-13H3,(H,33,35). The number of alkyl halides is 2. The second-order valence-corrected chi connectivity index (χ2v) is 34.7. The van der Waals surface area contributed by atoms with Crippen molar-refractivity contribution in [1.82, 2.24) is 5.32 Å². The van der Waals surface area contributed by atoms with Crippen molar-refractivity contribution in [2.75, 3.05) is 13.7 Å². The van der Waals surface area contributed by atoms with E-state index in [1.165, 1.54) is 19.2 Å². The number of nitrogens with zero attached hydrogens (tertiary/aromatic N) is 1. The van der Waals surface area contributed by atoms with Crippen LogP contribution >= 0.6 is 23.2 Å². The van der Waals surface area contributed by atoms with Gasteiger partial charge in [-0.15, -0.1) is 0 Å². The molecule has 1 amide bonds. The molecule has 0 aliphatic carbocycles. The molecule has 7 atom stereocenters. The van der Waals surface area contributed by atoms with Crippen LogP contribution in [-0.4, -0.2) is 105 Å². The van der Waals surface area contributed by atoms with E-state index in [-0.39, 0.29) is 12.3 Å². The summed E-state index contributed by atoms with van der Waals surface area (Å²) in [5.41, 5.74) is 0.450. The molecule has 0 bridgehead atoms. The highest BCUT2D eigenvalue weighted by Crippen LogP contribution is 2.36. The number of non-ortho nitro benzene ring substituents is 1. The quantitative estimate of drug-likeness (QED) is 0.0617. The minimum atomic E-state index is -2.34. The molecule has 19 heteroatoms. The van der Waals surface area contributed by atoms with Crippen molar-refractivity contribution >= 4 is 74.0 Å². The van der Waals surface area contributed by atoms with Gasteiger partial charge in [0.1, 0.15) is 18.3 Å². The molecule has 1 aliphatic rings. The first-order valence-electron chi connectivity index (χ1n) is 16.1. The summed E-state index contributed by atoms with van der Waals surface area (Å²) < 4.78 is 44.7. The van der Waals surface area contributed by atoms with Crippen molar-refractivity contribution in [2.45, 2.75) is 126 Å². The number of halogens is 2. The first kappa shape index (κ1) is 43.9. The fraction of sp³-hybridized carbons (Fsp3) is 0.733. The third kappa shape index (κ3) is 14.7. The minimum absolute atomic E-state index is 0.103. The van der Waals surface area contributed by atoms with Gasteiger partial charge >= 0.3 is 5.97 Å². The van der Waals surface area contributed by atoms with Gasteiger partial charge < -0.3 is 37.2 Å². The van der Waals surface area contributed by atoms with E-state index in [1.54, 1.807) is 12.1 Å². The Morgan fingerprint density at radius 2 is 1.33 bits per heavy atom. The summed E-state index contributed by atoms with van der Waals surface area (Å²) in [7, 11) is -7.99. The van der Waals surface area contributed by atoms with Crippen LogP contribution in [0.25, 0.3) is 0 Å². The van der Waals surface area contributed by atoms with Crippen molar-refractivity contribution in [1.29, 1.82) is 0 Å².